The Morgan fingerprint density at radius 1 is 1.12 bits per heavy atom. The molecule has 92 valence electrons. The van der Waals surface area contributed by atoms with Crippen molar-refractivity contribution in [2.24, 2.45) is 5.92 Å². The Bertz CT molecular complexity index is 418. The van der Waals surface area contributed by atoms with Gasteiger partial charge in [0.05, 0.1) is 11.1 Å². The van der Waals surface area contributed by atoms with Crippen LogP contribution in [0.1, 0.15) is 0 Å². The topological polar surface area (TPSA) is 112 Å². The second kappa shape index (κ2) is 5.86. The van der Waals surface area contributed by atoms with Crippen molar-refractivity contribution in [3.8, 4) is 0 Å². The summed E-state index contributed by atoms with van der Waals surface area (Å²) >= 11 is 5.36. The fourth-order valence-electron chi connectivity index (χ4n) is 1.11. The summed E-state index contributed by atoms with van der Waals surface area (Å²) < 4.78 is 0. The third kappa shape index (κ3) is 3.46. The molecule has 0 aliphatic heterocycles. The molecule has 1 unspecified atom stereocenters. The van der Waals surface area contributed by atoms with Gasteiger partial charge in [0.15, 0.2) is 0 Å². The fraction of sp³-hybridized carbons (Fsp3) is 0.100. The van der Waals surface area contributed by atoms with Crippen LogP contribution in [0.5, 0.6) is 0 Å². The van der Waals surface area contributed by atoms with Crippen LogP contribution >= 0.6 is 11.6 Å². The maximum Gasteiger partial charge on any atom is 0.337 e. The molecule has 0 spiro atoms. The first kappa shape index (κ1) is 14.9. The van der Waals surface area contributed by atoms with Gasteiger partial charge in [0.25, 0.3) is 0 Å². The smallest absolute Gasteiger partial charge is 0.337 e. The second-order valence-electron chi connectivity index (χ2n) is 2.86. The molecule has 0 aromatic carbocycles. The Hall–Kier alpha value is -2.08. The number of rotatable bonds is 6. The van der Waals surface area contributed by atoms with Crippen molar-refractivity contribution < 1.29 is 29.7 Å². The van der Waals surface area contributed by atoms with Crippen molar-refractivity contribution >= 4 is 29.5 Å². The maximum atomic E-state index is 10.9. The van der Waals surface area contributed by atoms with Gasteiger partial charge in [-0.05, 0) is 0 Å². The largest absolute Gasteiger partial charge is 0.481 e. The van der Waals surface area contributed by atoms with Crippen molar-refractivity contribution in [3.63, 3.8) is 0 Å². The van der Waals surface area contributed by atoms with E-state index in [1.165, 1.54) is 0 Å². The summed E-state index contributed by atoms with van der Waals surface area (Å²) in [5.41, 5.74) is -1.74. The number of hydrogen-bond donors (Lipinski definition) is 3. The SMILES string of the molecule is C=CC(C(=O)O)C(C(=O)O)=C(C(=C)Cl)C(=O)O. The molecule has 0 aliphatic rings. The summed E-state index contributed by atoms with van der Waals surface area (Å²) in [6, 6.07) is 0. The van der Waals surface area contributed by atoms with E-state index < -0.39 is 40.0 Å². The maximum absolute atomic E-state index is 10.9. The molecule has 0 aromatic rings. The molecule has 0 rings (SSSR count). The molecular formula is C10H9ClO6. The summed E-state index contributed by atoms with van der Waals surface area (Å²) in [7, 11) is 0. The van der Waals surface area contributed by atoms with Gasteiger partial charge in [-0.2, -0.15) is 0 Å². The molecule has 3 N–H and O–H groups in total. The van der Waals surface area contributed by atoms with Gasteiger partial charge in [-0.25, -0.2) is 9.59 Å². The summed E-state index contributed by atoms with van der Waals surface area (Å²) in [5.74, 6) is -6.62. The van der Waals surface area contributed by atoms with Crippen LogP contribution in [0.3, 0.4) is 0 Å². The van der Waals surface area contributed by atoms with Crippen LogP contribution < -0.4 is 0 Å². The molecule has 0 saturated heterocycles. The number of carboxylic acid groups (broad SMARTS) is 3. The molecule has 1 atom stereocenters. The molecule has 7 heteroatoms. The lowest BCUT2D eigenvalue weighted by molar-refractivity contribution is -0.142. The highest BCUT2D eigenvalue weighted by molar-refractivity contribution is 6.35. The van der Waals surface area contributed by atoms with E-state index in [1.54, 1.807) is 0 Å². The van der Waals surface area contributed by atoms with Crippen LogP contribution in [0, 0.1) is 5.92 Å². The van der Waals surface area contributed by atoms with Gasteiger partial charge in [-0.15, -0.1) is 6.58 Å². The number of hydrogen-bond acceptors (Lipinski definition) is 3. The lowest BCUT2D eigenvalue weighted by Crippen LogP contribution is -2.23. The van der Waals surface area contributed by atoms with Crippen molar-refractivity contribution in [1.29, 1.82) is 0 Å². The summed E-state index contributed by atoms with van der Waals surface area (Å²) in [6.07, 6.45) is 0.800. The van der Waals surface area contributed by atoms with E-state index in [4.69, 9.17) is 26.9 Å². The minimum absolute atomic E-state index is 0.567. The molecule has 0 fully saturated rings. The summed E-state index contributed by atoms with van der Waals surface area (Å²) in [6.45, 7) is 6.23. The lowest BCUT2D eigenvalue weighted by atomic mass is 9.94. The van der Waals surface area contributed by atoms with Crippen LogP contribution in [-0.2, 0) is 14.4 Å². The molecular weight excluding hydrogens is 252 g/mol. The summed E-state index contributed by atoms with van der Waals surface area (Å²) in [4.78, 5) is 32.6. The number of carboxylic acids is 3. The van der Waals surface area contributed by atoms with Crippen molar-refractivity contribution in [2.45, 2.75) is 0 Å². The molecule has 0 saturated carbocycles. The van der Waals surface area contributed by atoms with Crippen molar-refractivity contribution in [3.05, 3.63) is 35.4 Å². The molecule has 17 heavy (non-hydrogen) atoms. The zero-order chi connectivity index (χ0) is 13.7. The van der Waals surface area contributed by atoms with Crippen LogP contribution in [0.25, 0.3) is 0 Å². The van der Waals surface area contributed by atoms with Crippen LogP contribution in [0.15, 0.2) is 35.4 Å². The standard InChI is InChI=1S/C10H9ClO6/c1-3-5(8(12)13)7(10(16)17)6(4(2)11)9(14)15/h3,5H,1-2H2,(H,12,13)(H,14,15)(H,16,17). The van der Waals surface area contributed by atoms with E-state index in [-0.39, 0.29) is 0 Å². The predicted molar refractivity (Wildman–Crippen MR) is 58.6 cm³/mol. The zero-order valence-electron chi connectivity index (χ0n) is 8.51. The summed E-state index contributed by atoms with van der Waals surface area (Å²) in [5, 5.41) is 25.9. The van der Waals surface area contributed by atoms with Gasteiger partial charge in [0.2, 0.25) is 0 Å². The average Bonchev–Trinajstić information content (AvgIpc) is 2.15. The fourth-order valence-corrected chi connectivity index (χ4v) is 1.30. The third-order valence-electron chi connectivity index (χ3n) is 1.80. The van der Waals surface area contributed by atoms with E-state index in [0.29, 0.717) is 0 Å². The first-order valence-electron chi connectivity index (χ1n) is 4.14. The molecule has 0 heterocycles. The first-order valence-corrected chi connectivity index (χ1v) is 4.52. The highest BCUT2D eigenvalue weighted by atomic mass is 35.5. The Kier molecular flexibility index (Phi) is 5.14. The Labute approximate surface area is 101 Å². The second-order valence-corrected chi connectivity index (χ2v) is 3.31. The predicted octanol–water partition coefficient (Wildman–Crippen LogP) is 1.09. The first-order chi connectivity index (χ1) is 7.73. The Balaban J connectivity index is 6.10. The minimum atomic E-state index is -1.71. The van der Waals surface area contributed by atoms with Gasteiger partial charge < -0.3 is 15.3 Å². The van der Waals surface area contributed by atoms with Crippen LogP contribution in [-0.4, -0.2) is 33.2 Å². The number of halogens is 1. The molecule has 0 aliphatic carbocycles. The number of aliphatic carboxylic acids is 3. The van der Waals surface area contributed by atoms with Crippen LogP contribution in [0.2, 0.25) is 0 Å². The lowest BCUT2D eigenvalue weighted by Gasteiger charge is -2.12. The monoisotopic (exact) mass is 260 g/mol. The van der Waals surface area contributed by atoms with Gasteiger partial charge >= 0.3 is 17.9 Å². The van der Waals surface area contributed by atoms with E-state index in [0.717, 1.165) is 6.08 Å². The van der Waals surface area contributed by atoms with E-state index in [1.807, 2.05) is 0 Å². The van der Waals surface area contributed by atoms with Crippen molar-refractivity contribution in [2.75, 3.05) is 0 Å². The van der Waals surface area contributed by atoms with E-state index >= 15 is 0 Å². The minimum Gasteiger partial charge on any atom is -0.481 e. The molecule has 0 radical (unpaired) electrons. The molecule has 0 bridgehead atoms. The van der Waals surface area contributed by atoms with Crippen LogP contribution in [0.4, 0.5) is 0 Å². The molecule has 0 amide bonds. The Morgan fingerprint density at radius 2 is 1.59 bits per heavy atom. The van der Waals surface area contributed by atoms with Crippen molar-refractivity contribution in [1.82, 2.24) is 0 Å². The quantitative estimate of drug-likeness (QED) is 0.374. The third-order valence-corrected chi connectivity index (χ3v) is 1.99. The highest BCUT2D eigenvalue weighted by Gasteiger charge is 2.31. The van der Waals surface area contributed by atoms with Gasteiger partial charge in [0.1, 0.15) is 5.92 Å². The van der Waals surface area contributed by atoms with Gasteiger partial charge in [-0.3, -0.25) is 4.79 Å². The zero-order valence-corrected chi connectivity index (χ0v) is 9.27. The molecule has 0 aromatic heterocycles. The molecule has 6 nitrogen and oxygen atoms in total. The normalized spacial score (nSPS) is 13.2. The number of carbonyl (C=O) groups is 3. The Morgan fingerprint density at radius 3 is 1.76 bits per heavy atom. The highest BCUT2D eigenvalue weighted by Crippen LogP contribution is 2.24. The van der Waals surface area contributed by atoms with E-state index in [2.05, 4.69) is 13.2 Å². The van der Waals surface area contributed by atoms with Gasteiger partial charge in [-0.1, -0.05) is 24.3 Å². The van der Waals surface area contributed by atoms with E-state index in [9.17, 15) is 14.4 Å². The average molecular weight is 261 g/mol. The van der Waals surface area contributed by atoms with Gasteiger partial charge in [0, 0.05) is 5.03 Å².